The summed E-state index contributed by atoms with van der Waals surface area (Å²) in [5.41, 5.74) is 0.639. The minimum atomic E-state index is -0.447. The summed E-state index contributed by atoms with van der Waals surface area (Å²) in [6.45, 7) is 0.228. The highest BCUT2D eigenvalue weighted by molar-refractivity contribution is 6.01. The number of benzene rings is 1. The molecule has 3 N–H and O–H groups in total. The Kier molecular flexibility index (Phi) is 2.40. The van der Waals surface area contributed by atoms with Gasteiger partial charge in [-0.15, -0.1) is 0 Å². The first-order valence-corrected chi connectivity index (χ1v) is 4.66. The van der Waals surface area contributed by atoms with Crippen LogP contribution in [-0.2, 0) is 11.3 Å². The number of phenols is 2. The fraction of sp³-hybridized carbons (Fsp3) is 0.200. The van der Waals surface area contributed by atoms with E-state index in [1.807, 2.05) is 0 Å². The topological polar surface area (TPSA) is 89.9 Å². The van der Waals surface area contributed by atoms with Crippen LogP contribution in [0.4, 0.5) is 4.79 Å². The van der Waals surface area contributed by atoms with Crippen LogP contribution in [-0.4, -0.2) is 33.6 Å². The molecule has 16 heavy (non-hydrogen) atoms. The lowest BCUT2D eigenvalue weighted by Gasteiger charge is -2.13. The number of nitrogens with one attached hydrogen (secondary N) is 1. The van der Waals surface area contributed by atoms with Gasteiger partial charge < -0.3 is 15.1 Å². The van der Waals surface area contributed by atoms with E-state index < -0.39 is 6.03 Å². The molecule has 0 atom stereocenters. The second-order valence-electron chi connectivity index (χ2n) is 3.53. The Morgan fingerprint density at radius 3 is 2.56 bits per heavy atom. The van der Waals surface area contributed by atoms with Crippen molar-refractivity contribution in [2.24, 2.45) is 0 Å². The van der Waals surface area contributed by atoms with Crippen LogP contribution in [0.2, 0.25) is 0 Å². The average molecular weight is 222 g/mol. The summed E-state index contributed by atoms with van der Waals surface area (Å²) in [7, 11) is 0. The highest BCUT2D eigenvalue weighted by Gasteiger charge is 2.26. The van der Waals surface area contributed by atoms with Gasteiger partial charge in [0.05, 0.1) is 0 Å². The van der Waals surface area contributed by atoms with Gasteiger partial charge in [-0.3, -0.25) is 10.1 Å². The zero-order chi connectivity index (χ0) is 11.7. The molecule has 3 amide bonds. The second-order valence-corrected chi connectivity index (χ2v) is 3.53. The lowest BCUT2D eigenvalue weighted by molar-refractivity contribution is -0.118. The van der Waals surface area contributed by atoms with Gasteiger partial charge in [-0.1, -0.05) is 6.07 Å². The first-order chi connectivity index (χ1) is 7.56. The van der Waals surface area contributed by atoms with E-state index in [9.17, 15) is 14.7 Å². The Balaban J connectivity index is 2.12. The Bertz CT molecular complexity index is 458. The fourth-order valence-electron chi connectivity index (χ4n) is 1.50. The van der Waals surface area contributed by atoms with Crippen LogP contribution in [0.3, 0.4) is 0 Å². The minimum Gasteiger partial charge on any atom is -0.504 e. The number of imide groups is 1. The maximum Gasteiger partial charge on any atom is 0.324 e. The average Bonchev–Trinajstić information content (AvgIpc) is 2.51. The number of urea groups is 1. The highest BCUT2D eigenvalue weighted by atomic mass is 16.3. The van der Waals surface area contributed by atoms with Gasteiger partial charge in [-0.05, 0) is 17.7 Å². The first-order valence-electron chi connectivity index (χ1n) is 4.66. The van der Waals surface area contributed by atoms with Crippen molar-refractivity contribution < 1.29 is 19.8 Å². The van der Waals surface area contributed by atoms with E-state index in [-0.39, 0.29) is 30.5 Å². The zero-order valence-electron chi connectivity index (χ0n) is 8.30. The van der Waals surface area contributed by atoms with E-state index in [1.165, 1.54) is 17.0 Å². The maximum atomic E-state index is 11.2. The molecule has 1 aromatic carbocycles. The molecule has 0 spiro atoms. The summed E-state index contributed by atoms with van der Waals surface area (Å²) in [5.74, 6) is -0.804. The van der Waals surface area contributed by atoms with Crippen LogP contribution in [0.15, 0.2) is 18.2 Å². The molecule has 2 rings (SSSR count). The highest BCUT2D eigenvalue weighted by Crippen LogP contribution is 2.25. The monoisotopic (exact) mass is 222 g/mol. The Hall–Kier alpha value is -2.24. The summed E-state index contributed by atoms with van der Waals surface area (Å²) in [4.78, 5) is 23.4. The number of phenolic OH excluding ortho intramolecular Hbond substituents is 2. The van der Waals surface area contributed by atoms with Gasteiger partial charge in [0.15, 0.2) is 11.5 Å². The van der Waals surface area contributed by atoms with E-state index in [0.29, 0.717) is 5.56 Å². The molecule has 0 aromatic heterocycles. The lowest BCUT2D eigenvalue weighted by Crippen LogP contribution is -2.27. The largest absolute Gasteiger partial charge is 0.504 e. The van der Waals surface area contributed by atoms with Crippen molar-refractivity contribution in [3.05, 3.63) is 23.8 Å². The molecule has 1 aliphatic heterocycles. The molecule has 6 nitrogen and oxygen atoms in total. The number of carbonyl (C=O) groups excluding carboxylic acids is 2. The van der Waals surface area contributed by atoms with E-state index in [2.05, 4.69) is 5.32 Å². The lowest BCUT2D eigenvalue weighted by atomic mass is 10.2. The van der Waals surface area contributed by atoms with Crippen LogP contribution < -0.4 is 5.32 Å². The number of hydrogen-bond donors (Lipinski definition) is 3. The third-order valence-electron chi connectivity index (χ3n) is 2.28. The van der Waals surface area contributed by atoms with Crippen molar-refractivity contribution in [2.45, 2.75) is 6.54 Å². The van der Waals surface area contributed by atoms with Crippen molar-refractivity contribution in [1.29, 1.82) is 0 Å². The number of carbonyl (C=O) groups is 2. The molecule has 1 fully saturated rings. The van der Waals surface area contributed by atoms with Gasteiger partial charge in [-0.25, -0.2) is 4.79 Å². The standard InChI is InChI=1S/C10H10N2O4/c13-7-2-1-6(3-8(7)14)4-12-5-9(15)11-10(12)16/h1-3,13-14H,4-5H2,(H,11,15,16). The molecule has 0 saturated carbocycles. The third-order valence-corrected chi connectivity index (χ3v) is 2.28. The summed E-state index contributed by atoms with van der Waals surface area (Å²) in [6, 6.07) is 3.81. The SMILES string of the molecule is O=C1CN(Cc2ccc(O)c(O)c2)C(=O)N1. The van der Waals surface area contributed by atoms with E-state index in [4.69, 9.17) is 5.11 Å². The fourth-order valence-corrected chi connectivity index (χ4v) is 1.50. The predicted octanol–water partition coefficient (Wildman–Crippen LogP) is 0.150. The van der Waals surface area contributed by atoms with Gasteiger partial charge in [0.2, 0.25) is 5.91 Å². The van der Waals surface area contributed by atoms with E-state index in [1.54, 1.807) is 6.07 Å². The Morgan fingerprint density at radius 2 is 2.00 bits per heavy atom. The van der Waals surface area contributed by atoms with Crippen molar-refractivity contribution in [2.75, 3.05) is 6.54 Å². The van der Waals surface area contributed by atoms with Crippen molar-refractivity contribution >= 4 is 11.9 Å². The van der Waals surface area contributed by atoms with Crippen LogP contribution in [0.5, 0.6) is 11.5 Å². The quantitative estimate of drug-likeness (QED) is 0.490. The summed E-state index contributed by atoms with van der Waals surface area (Å²) in [5, 5.41) is 20.5. The third kappa shape index (κ3) is 1.90. The van der Waals surface area contributed by atoms with Gasteiger partial charge in [0.25, 0.3) is 0 Å². The zero-order valence-corrected chi connectivity index (χ0v) is 8.30. The molecule has 6 heteroatoms. The second kappa shape index (κ2) is 3.73. The summed E-state index contributed by atoms with van der Waals surface area (Å²) in [6.07, 6.45) is 0. The number of nitrogens with zero attached hydrogens (tertiary/aromatic N) is 1. The van der Waals surface area contributed by atoms with Crippen LogP contribution in [0, 0.1) is 0 Å². The molecule has 1 heterocycles. The van der Waals surface area contributed by atoms with E-state index in [0.717, 1.165) is 0 Å². The van der Waals surface area contributed by atoms with Crippen molar-refractivity contribution in [3.8, 4) is 11.5 Å². The molecule has 0 aliphatic carbocycles. The molecule has 84 valence electrons. The smallest absolute Gasteiger partial charge is 0.324 e. The van der Waals surface area contributed by atoms with Crippen LogP contribution in [0.1, 0.15) is 5.56 Å². The Labute approximate surface area is 91.1 Å². The molecular weight excluding hydrogens is 212 g/mol. The molecule has 1 aromatic rings. The van der Waals surface area contributed by atoms with Crippen molar-refractivity contribution in [1.82, 2.24) is 10.2 Å². The maximum absolute atomic E-state index is 11.2. The number of hydrogen-bond acceptors (Lipinski definition) is 4. The molecule has 1 aliphatic rings. The molecular formula is C10H10N2O4. The Morgan fingerprint density at radius 1 is 1.25 bits per heavy atom. The number of aromatic hydroxyl groups is 2. The number of rotatable bonds is 2. The van der Waals surface area contributed by atoms with Crippen LogP contribution in [0.25, 0.3) is 0 Å². The number of amides is 3. The first kappa shape index (κ1) is 10.3. The molecule has 0 bridgehead atoms. The predicted molar refractivity (Wildman–Crippen MR) is 53.7 cm³/mol. The van der Waals surface area contributed by atoms with Crippen LogP contribution >= 0.6 is 0 Å². The van der Waals surface area contributed by atoms with Crippen molar-refractivity contribution in [3.63, 3.8) is 0 Å². The molecule has 0 unspecified atom stereocenters. The normalized spacial score (nSPS) is 15.4. The van der Waals surface area contributed by atoms with Gasteiger partial charge in [-0.2, -0.15) is 0 Å². The molecule has 0 radical (unpaired) electrons. The summed E-state index contributed by atoms with van der Waals surface area (Å²) < 4.78 is 0. The summed E-state index contributed by atoms with van der Waals surface area (Å²) >= 11 is 0. The van der Waals surface area contributed by atoms with Gasteiger partial charge >= 0.3 is 6.03 Å². The van der Waals surface area contributed by atoms with Gasteiger partial charge in [0.1, 0.15) is 6.54 Å². The minimum absolute atomic E-state index is 0.0144. The van der Waals surface area contributed by atoms with E-state index >= 15 is 0 Å². The molecule has 1 saturated heterocycles. The van der Waals surface area contributed by atoms with Gasteiger partial charge in [0, 0.05) is 6.54 Å².